The second-order valence-corrected chi connectivity index (χ2v) is 9.70. The molecule has 1 aliphatic rings. The number of thiazole rings is 1. The quantitative estimate of drug-likeness (QED) is 0.513. The molecule has 6 heteroatoms. The van der Waals surface area contributed by atoms with E-state index in [9.17, 15) is 4.79 Å². The van der Waals surface area contributed by atoms with Gasteiger partial charge in [-0.15, -0.1) is 11.3 Å². The number of hydrogen-bond acceptors (Lipinski definition) is 5. The number of benzene rings is 2. The molecule has 1 fully saturated rings. The van der Waals surface area contributed by atoms with Gasteiger partial charge in [-0.25, -0.2) is 4.98 Å². The van der Waals surface area contributed by atoms with E-state index in [1.807, 2.05) is 29.3 Å². The van der Waals surface area contributed by atoms with Gasteiger partial charge in [-0.2, -0.15) is 11.8 Å². The summed E-state index contributed by atoms with van der Waals surface area (Å²) in [6, 6.07) is 16.4. The molecule has 2 heterocycles. The van der Waals surface area contributed by atoms with Crippen molar-refractivity contribution < 1.29 is 9.53 Å². The first kappa shape index (κ1) is 21.1. The number of rotatable bonds is 7. The van der Waals surface area contributed by atoms with Gasteiger partial charge in [-0.3, -0.25) is 4.79 Å². The fourth-order valence-corrected chi connectivity index (χ4v) is 5.34. The second kappa shape index (κ2) is 10.2. The van der Waals surface area contributed by atoms with Crippen LogP contribution in [0.4, 0.5) is 5.69 Å². The molecule has 1 N–H and O–H groups in total. The first-order valence-electron chi connectivity index (χ1n) is 10.3. The van der Waals surface area contributed by atoms with Crippen LogP contribution in [0.1, 0.15) is 29.7 Å². The lowest BCUT2D eigenvalue weighted by Gasteiger charge is -2.21. The van der Waals surface area contributed by atoms with Gasteiger partial charge in [0.05, 0.1) is 12.1 Å². The highest BCUT2D eigenvalue weighted by molar-refractivity contribution is 7.99. The van der Waals surface area contributed by atoms with Gasteiger partial charge in [0.1, 0.15) is 5.01 Å². The zero-order valence-corrected chi connectivity index (χ0v) is 18.7. The molecule has 1 amide bonds. The number of anilines is 1. The van der Waals surface area contributed by atoms with Crippen LogP contribution in [0.15, 0.2) is 53.9 Å². The van der Waals surface area contributed by atoms with Crippen LogP contribution >= 0.6 is 23.1 Å². The van der Waals surface area contributed by atoms with Gasteiger partial charge in [0.2, 0.25) is 5.91 Å². The third kappa shape index (κ3) is 5.94. The Hall–Kier alpha value is -2.15. The van der Waals surface area contributed by atoms with Crippen molar-refractivity contribution in [2.75, 3.05) is 18.5 Å². The Morgan fingerprint density at radius 3 is 2.80 bits per heavy atom. The SMILES string of the molecule is Cc1ccc(-c2nc(CC(=O)Nc3cccc(CSC4CCOCC4)c3)cs2)cc1. The number of amides is 1. The van der Waals surface area contributed by atoms with Crippen LogP contribution in [0.2, 0.25) is 0 Å². The zero-order chi connectivity index (χ0) is 20.8. The summed E-state index contributed by atoms with van der Waals surface area (Å²) in [5, 5.41) is 6.61. The predicted octanol–water partition coefficient (Wildman–Crippen LogP) is 5.71. The summed E-state index contributed by atoms with van der Waals surface area (Å²) in [7, 11) is 0. The maximum atomic E-state index is 12.5. The van der Waals surface area contributed by atoms with Gasteiger partial charge in [-0.05, 0) is 37.5 Å². The molecule has 1 saturated heterocycles. The average molecular weight is 439 g/mol. The van der Waals surface area contributed by atoms with E-state index in [0.717, 1.165) is 53.8 Å². The first-order chi connectivity index (χ1) is 14.7. The van der Waals surface area contributed by atoms with E-state index in [4.69, 9.17) is 4.74 Å². The Morgan fingerprint density at radius 1 is 1.20 bits per heavy atom. The largest absolute Gasteiger partial charge is 0.381 e. The van der Waals surface area contributed by atoms with E-state index in [2.05, 4.69) is 53.6 Å². The lowest BCUT2D eigenvalue weighted by Crippen LogP contribution is -2.17. The van der Waals surface area contributed by atoms with Crippen molar-refractivity contribution in [3.8, 4) is 10.6 Å². The molecule has 0 saturated carbocycles. The number of aryl methyl sites for hydroxylation is 1. The summed E-state index contributed by atoms with van der Waals surface area (Å²) in [5.41, 5.74) is 5.20. The molecule has 0 aliphatic carbocycles. The topological polar surface area (TPSA) is 51.2 Å². The second-order valence-electron chi connectivity index (χ2n) is 7.56. The number of hydrogen-bond donors (Lipinski definition) is 1. The molecule has 30 heavy (non-hydrogen) atoms. The number of thioether (sulfide) groups is 1. The van der Waals surface area contributed by atoms with Crippen molar-refractivity contribution in [2.45, 2.75) is 37.2 Å². The van der Waals surface area contributed by atoms with Crippen LogP contribution in [-0.2, 0) is 21.7 Å². The fraction of sp³-hybridized carbons (Fsp3) is 0.333. The first-order valence-corrected chi connectivity index (χ1v) is 12.2. The number of carbonyl (C=O) groups is 1. The Kier molecular flexibility index (Phi) is 7.20. The molecular weight excluding hydrogens is 412 g/mol. The van der Waals surface area contributed by atoms with Crippen molar-refractivity contribution in [3.63, 3.8) is 0 Å². The van der Waals surface area contributed by atoms with Crippen LogP contribution in [0.25, 0.3) is 10.6 Å². The summed E-state index contributed by atoms with van der Waals surface area (Å²) in [4.78, 5) is 17.2. The van der Waals surface area contributed by atoms with E-state index < -0.39 is 0 Å². The molecule has 0 spiro atoms. The maximum Gasteiger partial charge on any atom is 0.230 e. The fourth-order valence-electron chi connectivity index (χ4n) is 3.38. The molecule has 156 valence electrons. The van der Waals surface area contributed by atoms with Crippen LogP contribution < -0.4 is 5.32 Å². The summed E-state index contributed by atoms with van der Waals surface area (Å²) < 4.78 is 5.43. The number of nitrogens with one attached hydrogen (secondary N) is 1. The Balaban J connectivity index is 1.31. The minimum absolute atomic E-state index is 0.0370. The highest BCUT2D eigenvalue weighted by atomic mass is 32.2. The van der Waals surface area contributed by atoms with E-state index in [1.54, 1.807) is 11.3 Å². The molecule has 2 aromatic carbocycles. The van der Waals surface area contributed by atoms with Gasteiger partial charge < -0.3 is 10.1 Å². The van der Waals surface area contributed by atoms with E-state index >= 15 is 0 Å². The van der Waals surface area contributed by atoms with Crippen molar-refractivity contribution in [1.29, 1.82) is 0 Å². The minimum Gasteiger partial charge on any atom is -0.381 e. The molecule has 0 unspecified atom stereocenters. The molecule has 0 radical (unpaired) electrons. The molecule has 4 nitrogen and oxygen atoms in total. The molecule has 3 aromatic rings. The summed E-state index contributed by atoms with van der Waals surface area (Å²) in [6.45, 7) is 3.81. The number of carbonyl (C=O) groups excluding carboxylic acids is 1. The van der Waals surface area contributed by atoms with Crippen molar-refractivity contribution >= 4 is 34.7 Å². The Morgan fingerprint density at radius 2 is 2.00 bits per heavy atom. The molecule has 0 atom stereocenters. The summed E-state index contributed by atoms with van der Waals surface area (Å²) >= 11 is 3.56. The van der Waals surface area contributed by atoms with Gasteiger partial charge >= 0.3 is 0 Å². The Bertz CT molecular complexity index is 979. The van der Waals surface area contributed by atoms with Gasteiger partial charge in [-0.1, -0.05) is 42.0 Å². The van der Waals surface area contributed by atoms with Crippen LogP contribution in [0.5, 0.6) is 0 Å². The standard InChI is InChI=1S/C24H26N2O2S2/c1-17-5-7-19(8-6-17)24-26-21(16-30-24)14-23(27)25-20-4-2-3-18(13-20)15-29-22-9-11-28-12-10-22/h2-8,13,16,22H,9-12,14-15H2,1H3,(H,25,27). The van der Waals surface area contributed by atoms with Gasteiger partial charge in [0, 0.05) is 40.8 Å². The monoisotopic (exact) mass is 438 g/mol. The zero-order valence-electron chi connectivity index (χ0n) is 17.1. The third-order valence-corrected chi connectivity index (χ3v) is 7.44. The molecule has 0 bridgehead atoms. The lowest BCUT2D eigenvalue weighted by atomic mass is 10.2. The average Bonchev–Trinajstić information content (AvgIpc) is 3.22. The van der Waals surface area contributed by atoms with Gasteiger partial charge in [0.15, 0.2) is 0 Å². The highest BCUT2D eigenvalue weighted by Crippen LogP contribution is 2.27. The van der Waals surface area contributed by atoms with Crippen LogP contribution in [-0.4, -0.2) is 29.4 Å². The van der Waals surface area contributed by atoms with Crippen molar-refractivity contribution in [1.82, 2.24) is 4.98 Å². The number of aromatic nitrogens is 1. The third-order valence-electron chi connectivity index (χ3n) is 5.06. The van der Waals surface area contributed by atoms with Crippen LogP contribution in [0.3, 0.4) is 0 Å². The minimum atomic E-state index is -0.0370. The van der Waals surface area contributed by atoms with Crippen molar-refractivity contribution in [2.24, 2.45) is 0 Å². The van der Waals surface area contributed by atoms with E-state index in [1.165, 1.54) is 11.1 Å². The van der Waals surface area contributed by atoms with Crippen LogP contribution in [0, 0.1) is 6.92 Å². The molecular formula is C24H26N2O2S2. The predicted molar refractivity (Wildman–Crippen MR) is 126 cm³/mol. The lowest BCUT2D eigenvalue weighted by molar-refractivity contribution is -0.115. The molecule has 4 rings (SSSR count). The number of ether oxygens (including phenoxy) is 1. The smallest absolute Gasteiger partial charge is 0.230 e. The van der Waals surface area contributed by atoms with Gasteiger partial charge in [0.25, 0.3) is 0 Å². The summed E-state index contributed by atoms with van der Waals surface area (Å²) in [5.74, 6) is 0.922. The van der Waals surface area contributed by atoms with E-state index in [0.29, 0.717) is 5.25 Å². The molecule has 1 aromatic heterocycles. The van der Waals surface area contributed by atoms with E-state index in [-0.39, 0.29) is 12.3 Å². The molecule has 1 aliphatic heterocycles. The maximum absolute atomic E-state index is 12.5. The highest BCUT2D eigenvalue weighted by Gasteiger charge is 2.14. The Labute approximate surface area is 186 Å². The van der Waals surface area contributed by atoms with Crippen molar-refractivity contribution in [3.05, 3.63) is 70.7 Å². The summed E-state index contributed by atoms with van der Waals surface area (Å²) in [6.07, 6.45) is 2.53. The normalized spacial score (nSPS) is 14.6. The number of nitrogens with zero attached hydrogens (tertiary/aromatic N) is 1.